The van der Waals surface area contributed by atoms with Crippen LogP contribution in [-0.4, -0.2) is 30.3 Å². The van der Waals surface area contributed by atoms with E-state index in [9.17, 15) is 8.42 Å². The molecule has 5 nitrogen and oxygen atoms in total. The molecule has 1 aliphatic heterocycles. The summed E-state index contributed by atoms with van der Waals surface area (Å²) in [5.74, 6) is 0. The van der Waals surface area contributed by atoms with Gasteiger partial charge in [-0.15, -0.1) is 0 Å². The maximum absolute atomic E-state index is 12.1. The summed E-state index contributed by atoms with van der Waals surface area (Å²) in [6, 6.07) is 0.0599. The molecule has 0 bridgehead atoms. The molecular weight excluding hydrogens is 326 g/mol. The SMILES string of the molecule is CC1CCCCN1S(=O)(=O)Nc1ncc(Br)s1. The van der Waals surface area contributed by atoms with Crippen LogP contribution in [0.3, 0.4) is 0 Å². The Hall–Kier alpha value is -0.180. The van der Waals surface area contributed by atoms with E-state index < -0.39 is 10.2 Å². The zero-order valence-electron chi connectivity index (χ0n) is 9.39. The van der Waals surface area contributed by atoms with Crippen molar-refractivity contribution in [3.05, 3.63) is 9.98 Å². The molecule has 1 fully saturated rings. The number of thiazole rings is 1. The first-order chi connectivity index (χ1) is 7.99. The molecule has 0 aliphatic carbocycles. The fraction of sp³-hybridized carbons (Fsp3) is 0.667. The van der Waals surface area contributed by atoms with Crippen LogP contribution in [-0.2, 0) is 10.2 Å². The molecule has 0 amide bonds. The first-order valence-electron chi connectivity index (χ1n) is 5.40. The molecule has 1 saturated heterocycles. The number of halogens is 1. The number of nitrogens with one attached hydrogen (secondary N) is 1. The second-order valence-corrected chi connectivity index (χ2v) is 8.07. The first-order valence-corrected chi connectivity index (χ1v) is 8.45. The van der Waals surface area contributed by atoms with Gasteiger partial charge in [0.2, 0.25) is 0 Å². The molecule has 0 radical (unpaired) electrons. The minimum absolute atomic E-state index is 0.0599. The Kier molecular flexibility index (Phi) is 4.06. The Bertz CT molecular complexity index is 488. The molecule has 17 heavy (non-hydrogen) atoms. The van der Waals surface area contributed by atoms with Gasteiger partial charge in [0.15, 0.2) is 5.13 Å². The molecule has 96 valence electrons. The summed E-state index contributed by atoms with van der Waals surface area (Å²) in [5, 5.41) is 0.398. The molecule has 2 rings (SSSR count). The highest BCUT2D eigenvalue weighted by Crippen LogP contribution is 2.26. The Labute approximate surface area is 114 Å². The summed E-state index contributed by atoms with van der Waals surface area (Å²) >= 11 is 4.52. The van der Waals surface area contributed by atoms with E-state index in [4.69, 9.17) is 0 Å². The van der Waals surface area contributed by atoms with E-state index in [0.29, 0.717) is 11.7 Å². The fourth-order valence-corrected chi connectivity index (χ4v) is 4.68. The van der Waals surface area contributed by atoms with E-state index in [1.165, 1.54) is 15.6 Å². The molecule has 2 heterocycles. The highest BCUT2D eigenvalue weighted by atomic mass is 79.9. The number of nitrogens with zero attached hydrogens (tertiary/aromatic N) is 2. The van der Waals surface area contributed by atoms with Crippen molar-refractivity contribution >= 4 is 42.6 Å². The summed E-state index contributed by atoms with van der Waals surface area (Å²) in [4.78, 5) is 3.98. The molecule has 0 saturated carbocycles. The maximum atomic E-state index is 12.1. The van der Waals surface area contributed by atoms with E-state index >= 15 is 0 Å². The highest BCUT2D eigenvalue weighted by molar-refractivity contribution is 9.11. The average molecular weight is 340 g/mol. The van der Waals surface area contributed by atoms with Gasteiger partial charge < -0.3 is 0 Å². The molecule has 1 aliphatic rings. The summed E-state index contributed by atoms with van der Waals surface area (Å²) in [7, 11) is -3.46. The van der Waals surface area contributed by atoms with Crippen LogP contribution < -0.4 is 4.72 Å². The normalized spacial score (nSPS) is 22.6. The number of anilines is 1. The van der Waals surface area contributed by atoms with Crippen LogP contribution in [0.4, 0.5) is 5.13 Å². The monoisotopic (exact) mass is 339 g/mol. The Morgan fingerprint density at radius 1 is 1.59 bits per heavy atom. The summed E-state index contributed by atoms with van der Waals surface area (Å²) in [6.07, 6.45) is 4.52. The van der Waals surface area contributed by atoms with Crippen molar-refractivity contribution < 1.29 is 8.42 Å². The van der Waals surface area contributed by atoms with Gasteiger partial charge in [-0.25, -0.2) is 9.71 Å². The lowest BCUT2D eigenvalue weighted by Crippen LogP contribution is -2.44. The molecule has 1 unspecified atom stereocenters. The van der Waals surface area contributed by atoms with Crippen LogP contribution in [0.25, 0.3) is 0 Å². The van der Waals surface area contributed by atoms with Gasteiger partial charge in [-0.3, -0.25) is 0 Å². The Balaban J connectivity index is 2.12. The molecule has 1 aromatic heterocycles. The largest absolute Gasteiger partial charge is 0.303 e. The predicted octanol–water partition coefficient (Wildman–Crippen LogP) is 2.44. The van der Waals surface area contributed by atoms with Gasteiger partial charge >= 0.3 is 10.2 Å². The summed E-state index contributed by atoms with van der Waals surface area (Å²) in [6.45, 7) is 2.53. The lowest BCUT2D eigenvalue weighted by molar-refractivity contribution is 0.270. The predicted molar refractivity (Wildman–Crippen MR) is 72.4 cm³/mol. The highest BCUT2D eigenvalue weighted by Gasteiger charge is 2.29. The van der Waals surface area contributed by atoms with Crippen molar-refractivity contribution in [2.24, 2.45) is 0 Å². The quantitative estimate of drug-likeness (QED) is 0.919. The number of aromatic nitrogens is 1. The van der Waals surface area contributed by atoms with Crippen LogP contribution in [0.5, 0.6) is 0 Å². The van der Waals surface area contributed by atoms with Crippen LogP contribution in [0, 0.1) is 0 Å². The van der Waals surface area contributed by atoms with E-state index in [-0.39, 0.29) is 6.04 Å². The molecule has 8 heteroatoms. The number of piperidine rings is 1. The van der Waals surface area contributed by atoms with Crippen molar-refractivity contribution in [1.82, 2.24) is 9.29 Å². The fourth-order valence-electron chi connectivity index (χ4n) is 1.90. The molecule has 1 N–H and O–H groups in total. The summed E-state index contributed by atoms with van der Waals surface area (Å²) < 4.78 is 29.1. The lowest BCUT2D eigenvalue weighted by atomic mass is 10.1. The molecule has 0 aromatic carbocycles. The zero-order valence-corrected chi connectivity index (χ0v) is 12.6. The van der Waals surface area contributed by atoms with Crippen LogP contribution in [0.1, 0.15) is 26.2 Å². The van der Waals surface area contributed by atoms with Crippen molar-refractivity contribution in [2.75, 3.05) is 11.3 Å². The molecular formula is C9H14BrN3O2S2. The molecule has 0 spiro atoms. The third-order valence-electron chi connectivity index (χ3n) is 2.74. The maximum Gasteiger partial charge on any atom is 0.303 e. The lowest BCUT2D eigenvalue weighted by Gasteiger charge is -2.31. The van der Waals surface area contributed by atoms with Crippen molar-refractivity contribution in [3.8, 4) is 0 Å². The van der Waals surface area contributed by atoms with Crippen molar-refractivity contribution in [1.29, 1.82) is 0 Å². The zero-order chi connectivity index (χ0) is 12.5. The Morgan fingerprint density at radius 2 is 2.35 bits per heavy atom. The summed E-state index contributed by atoms with van der Waals surface area (Å²) in [5.41, 5.74) is 0. The van der Waals surface area contributed by atoms with E-state index in [1.807, 2.05) is 6.92 Å². The smallest absolute Gasteiger partial charge is 0.246 e. The third-order valence-corrected chi connectivity index (χ3v) is 5.88. The topological polar surface area (TPSA) is 62.3 Å². The van der Waals surface area contributed by atoms with Crippen molar-refractivity contribution in [3.63, 3.8) is 0 Å². The average Bonchev–Trinajstić information content (AvgIpc) is 2.63. The van der Waals surface area contributed by atoms with Gasteiger partial charge in [-0.05, 0) is 35.7 Å². The minimum Gasteiger partial charge on any atom is -0.246 e. The third kappa shape index (κ3) is 3.18. The first kappa shape index (κ1) is 13.3. The van der Waals surface area contributed by atoms with Gasteiger partial charge in [0, 0.05) is 12.6 Å². The van der Waals surface area contributed by atoms with Crippen LogP contribution >= 0.6 is 27.3 Å². The van der Waals surface area contributed by atoms with E-state index in [0.717, 1.165) is 23.0 Å². The van der Waals surface area contributed by atoms with Gasteiger partial charge in [0.25, 0.3) is 0 Å². The van der Waals surface area contributed by atoms with E-state index in [2.05, 4.69) is 25.6 Å². The standard InChI is InChI=1S/C9H14BrN3O2S2/c1-7-4-2-3-5-13(7)17(14,15)12-9-11-6-8(10)16-9/h6-7H,2-5H2,1H3,(H,11,12). The number of hydrogen-bond donors (Lipinski definition) is 1. The van der Waals surface area contributed by atoms with Gasteiger partial charge in [-0.1, -0.05) is 17.8 Å². The van der Waals surface area contributed by atoms with Gasteiger partial charge in [0.05, 0.1) is 9.98 Å². The van der Waals surface area contributed by atoms with E-state index in [1.54, 1.807) is 6.20 Å². The van der Waals surface area contributed by atoms with Crippen molar-refractivity contribution in [2.45, 2.75) is 32.2 Å². The van der Waals surface area contributed by atoms with Crippen LogP contribution in [0.15, 0.2) is 9.98 Å². The second-order valence-electron chi connectivity index (χ2n) is 4.03. The van der Waals surface area contributed by atoms with Gasteiger partial charge in [0.1, 0.15) is 0 Å². The van der Waals surface area contributed by atoms with Crippen LogP contribution in [0.2, 0.25) is 0 Å². The minimum atomic E-state index is -3.46. The molecule has 1 atom stereocenters. The van der Waals surface area contributed by atoms with Gasteiger partial charge in [-0.2, -0.15) is 12.7 Å². The number of rotatable bonds is 3. The number of hydrogen-bond acceptors (Lipinski definition) is 4. The molecule has 1 aromatic rings. The Morgan fingerprint density at radius 3 is 2.94 bits per heavy atom. The second kappa shape index (κ2) is 5.21.